The van der Waals surface area contributed by atoms with Crippen LogP contribution in [0, 0.1) is 0 Å². The molecule has 1 amide bonds. The number of nitrogens with two attached hydrogens (primary N) is 2. The highest BCUT2D eigenvalue weighted by Crippen LogP contribution is 2.21. The Balaban J connectivity index is 2.35. The van der Waals surface area contributed by atoms with E-state index in [4.69, 9.17) is 25.8 Å². The van der Waals surface area contributed by atoms with Crippen molar-refractivity contribution in [3.05, 3.63) is 54.1 Å². The molecule has 0 saturated heterocycles. The summed E-state index contributed by atoms with van der Waals surface area (Å²) in [5, 5.41) is 1.43. The van der Waals surface area contributed by atoms with Crippen LogP contribution in [0.4, 0.5) is 10.5 Å². The Labute approximate surface area is 176 Å². The van der Waals surface area contributed by atoms with Gasteiger partial charge in [0.05, 0.1) is 12.8 Å². The lowest BCUT2D eigenvalue weighted by Gasteiger charge is -2.23. The first kappa shape index (κ1) is 23.0. The SMILES string of the molecule is COc1ccc(N(N)/C(=N\C(C)OC(=O)N(C)C)c2ccc(OCCN)cc2)cc1. The molecule has 0 saturated carbocycles. The second kappa shape index (κ2) is 11.0. The maximum absolute atomic E-state index is 11.9. The van der Waals surface area contributed by atoms with E-state index in [0.29, 0.717) is 36.2 Å². The molecule has 1 unspecified atom stereocenters. The summed E-state index contributed by atoms with van der Waals surface area (Å²) < 4.78 is 16.0. The van der Waals surface area contributed by atoms with Gasteiger partial charge in [-0.15, -0.1) is 0 Å². The number of amides is 1. The fraction of sp³-hybridized carbons (Fsp3) is 0.333. The first-order valence-corrected chi connectivity index (χ1v) is 9.43. The summed E-state index contributed by atoms with van der Waals surface area (Å²) in [7, 11) is 4.80. The molecule has 1 atom stereocenters. The third kappa shape index (κ3) is 6.36. The molecule has 30 heavy (non-hydrogen) atoms. The predicted molar refractivity (Wildman–Crippen MR) is 117 cm³/mol. The standard InChI is InChI=1S/C21H29N5O4/c1-15(30-21(27)25(2)3)24-20(16-5-9-19(10-6-16)29-14-13-22)26(23)17-7-11-18(28-4)12-8-17/h5-12,15H,13-14,22-23H2,1-4H3/b24-20-. The number of aliphatic imine (C=N–C) groups is 1. The number of nitrogens with zero attached hydrogens (tertiary/aromatic N) is 3. The number of hydrazine groups is 1. The van der Waals surface area contributed by atoms with Gasteiger partial charge in [0.15, 0.2) is 12.1 Å². The lowest BCUT2D eigenvalue weighted by Crippen LogP contribution is -2.39. The molecular weight excluding hydrogens is 386 g/mol. The van der Waals surface area contributed by atoms with Gasteiger partial charge in [0.1, 0.15) is 18.1 Å². The molecular formula is C21H29N5O4. The summed E-state index contributed by atoms with van der Waals surface area (Å²) in [6.45, 7) is 2.52. The predicted octanol–water partition coefficient (Wildman–Crippen LogP) is 2.20. The third-order valence-corrected chi connectivity index (χ3v) is 4.02. The Morgan fingerprint density at radius 3 is 2.20 bits per heavy atom. The minimum absolute atomic E-state index is 0.421. The zero-order valence-corrected chi connectivity index (χ0v) is 17.7. The summed E-state index contributed by atoms with van der Waals surface area (Å²) in [4.78, 5) is 17.7. The minimum Gasteiger partial charge on any atom is -0.497 e. The number of carbonyl (C=O) groups excluding carboxylic acids is 1. The summed E-state index contributed by atoms with van der Waals surface area (Å²) in [6, 6.07) is 14.5. The van der Waals surface area contributed by atoms with E-state index >= 15 is 0 Å². The van der Waals surface area contributed by atoms with Gasteiger partial charge in [0.25, 0.3) is 0 Å². The number of anilines is 1. The molecule has 0 aromatic heterocycles. The van der Waals surface area contributed by atoms with Crippen molar-refractivity contribution in [1.82, 2.24) is 4.90 Å². The summed E-state index contributed by atoms with van der Waals surface area (Å²) in [5.74, 6) is 8.20. The molecule has 2 aromatic rings. The molecule has 2 rings (SSSR count). The lowest BCUT2D eigenvalue weighted by molar-refractivity contribution is 0.0865. The van der Waals surface area contributed by atoms with Gasteiger partial charge >= 0.3 is 6.09 Å². The van der Waals surface area contributed by atoms with E-state index < -0.39 is 12.3 Å². The Bertz CT molecular complexity index is 837. The van der Waals surface area contributed by atoms with Gasteiger partial charge in [0.2, 0.25) is 0 Å². The van der Waals surface area contributed by atoms with Crippen LogP contribution in [-0.2, 0) is 4.74 Å². The van der Waals surface area contributed by atoms with Gasteiger partial charge in [-0.1, -0.05) is 0 Å². The quantitative estimate of drug-likeness (QED) is 0.294. The number of methoxy groups -OCH3 is 1. The van der Waals surface area contributed by atoms with Crippen LogP contribution < -0.4 is 26.1 Å². The van der Waals surface area contributed by atoms with Crippen molar-refractivity contribution < 1.29 is 19.0 Å². The van der Waals surface area contributed by atoms with Crippen LogP contribution >= 0.6 is 0 Å². The number of hydrogen-bond donors (Lipinski definition) is 2. The monoisotopic (exact) mass is 415 g/mol. The van der Waals surface area contributed by atoms with Crippen LogP contribution in [0.2, 0.25) is 0 Å². The molecule has 0 bridgehead atoms. The average molecular weight is 415 g/mol. The van der Waals surface area contributed by atoms with E-state index in [1.807, 2.05) is 24.3 Å². The Morgan fingerprint density at radius 1 is 1.07 bits per heavy atom. The molecule has 9 nitrogen and oxygen atoms in total. The van der Waals surface area contributed by atoms with Crippen molar-refractivity contribution >= 4 is 17.6 Å². The summed E-state index contributed by atoms with van der Waals surface area (Å²) >= 11 is 0. The second-order valence-corrected chi connectivity index (χ2v) is 6.56. The fourth-order valence-corrected chi connectivity index (χ4v) is 2.47. The van der Waals surface area contributed by atoms with Gasteiger partial charge in [-0.05, 0) is 55.5 Å². The van der Waals surface area contributed by atoms with E-state index in [1.54, 1.807) is 52.4 Å². The number of ether oxygens (including phenoxy) is 3. The third-order valence-electron chi connectivity index (χ3n) is 4.02. The van der Waals surface area contributed by atoms with Crippen LogP contribution in [0.25, 0.3) is 0 Å². The Morgan fingerprint density at radius 2 is 1.67 bits per heavy atom. The first-order chi connectivity index (χ1) is 14.3. The van der Waals surface area contributed by atoms with Gasteiger partial charge in [-0.25, -0.2) is 15.6 Å². The summed E-state index contributed by atoms with van der Waals surface area (Å²) in [5.41, 5.74) is 6.88. The normalized spacial score (nSPS) is 12.1. The molecule has 0 aliphatic heterocycles. The minimum atomic E-state index is -0.757. The number of benzene rings is 2. The molecule has 2 aromatic carbocycles. The maximum atomic E-state index is 11.9. The van der Waals surface area contributed by atoms with Crippen molar-refractivity contribution in [1.29, 1.82) is 0 Å². The number of carbonyl (C=O) groups is 1. The van der Waals surface area contributed by atoms with Crippen LogP contribution in [-0.4, -0.2) is 57.4 Å². The van der Waals surface area contributed by atoms with E-state index in [9.17, 15) is 4.79 Å². The van der Waals surface area contributed by atoms with Gasteiger partial charge < -0.3 is 24.8 Å². The van der Waals surface area contributed by atoms with Gasteiger partial charge in [0, 0.05) is 26.2 Å². The average Bonchev–Trinajstić information content (AvgIpc) is 2.76. The van der Waals surface area contributed by atoms with Crippen LogP contribution in [0.1, 0.15) is 12.5 Å². The van der Waals surface area contributed by atoms with E-state index in [0.717, 1.165) is 5.56 Å². The molecule has 162 valence electrons. The number of hydrogen-bond acceptors (Lipinski definition) is 7. The zero-order valence-electron chi connectivity index (χ0n) is 17.7. The van der Waals surface area contributed by atoms with Crippen molar-refractivity contribution in [3.8, 4) is 11.5 Å². The smallest absolute Gasteiger partial charge is 0.411 e. The summed E-state index contributed by atoms with van der Waals surface area (Å²) in [6.07, 6.45) is -1.25. The highest BCUT2D eigenvalue weighted by molar-refractivity contribution is 6.09. The lowest BCUT2D eigenvalue weighted by atomic mass is 10.1. The molecule has 9 heteroatoms. The Hall–Kier alpha value is -3.30. The van der Waals surface area contributed by atoms with Crippen LogP contribution in [0.15, 0.2) is 53.5 Å². The van der Waals surface area contributed by atoms with E-state index in [1.165, 1.54) is 9.91 Å². The molecule has 0 heterocycles. The van der Waals surface area contributed by atoms with Crippen molar-refractivity contribution in [3.63, 3.8) is 0 Å². The zero-order chi connectivity index (χ0) is 22.1. The van der Waals surface area contributed by atoms with E-state index in [-0.39, 0.29) is 0 Å². The Kier molecular flexibility index (Phi) is 8.45. The van der Waals surface area contributed by atoms with Crippen LogP contribution in [0.5, 0.6) is 11.5 Å². The molecule has 0 aliphatic rings. The van der Waals surface area contributed by atoms with Crippen LogP contribution in [0.3, 0.4) is 0 Å². The van der Waals surface area contributed by atoms with Crippen molar-refractivity contribution in [2.24, 2.45) is 16.6 Å². The van der Waals surface area contributed by atoms with Crippen molar-refractivity contribution in [2.75, 3.05) is 39.4 Å². The number of rotatable bonds is 8. The molecule has 0 aliphatic carbocycles. The molecule has 0 radical (unpaired) electrons. The first-order valence-electron chi connectivity index (χ1n) is 9.43. The largest absolute Gasteiger partial charge is 0.497 e. The van der Waals surface area contributed by atoms with Gasteiger partial charge in [-0.2, -0.15) is 0 Å². The number of amidine groups is 1. The molecule has 4 N–H and O–H groups in total. The fourth-order valence-electron chi connectivity index (χ4n) is 2.47. The highest BCUT2D eigenvalue weighted by atomic mass is 16.6. The second-order valence-electron chi connectivity index (χ2n) is 6.56. The molecule has 0 fully saturated rings. The highest BCUT2D eigenvalue weighted by Gasteiger charge is 2.17. The topological polar surface area (TPSA) is 116 Å². The van der Waals surface area contributed by atoms with E-state index in [2.05, 4.69) is 4.99 Å². The van der Waals surface area contributed by atoms with Gasteiger partial charge in [-0.3, -0.25) is 5.01 Å². The van der Waals surface area contributed by atoms with Crippen molar-refractivity contribution in [2.45, 2.75) is 13.2 Å². The molecule has 0 spiro atoms. The maximum Gasteiger partial charge on any atom is 0.411 e.